The monoisotopic (exact) mass is 367 g/mol. The van der Waals surface area contributed by atoms with Gasteiger partial charge in [-0.3, -0.25) is 9.59 Å². The molecule has 0 spiro atoms. The quantitative estimate of drug-likeness (QED) is 0.674. The maximum atomic E-state index is 12.3. The molecule has 0 saturated heterocycles. The van der Waals surface area contributed by atoms with E-state index in [-0.39, 0.29) is 18.2 Å². The number of benzene rings is 1. The maximum absolute atomic E-state index is 12.3. The summed E-state index contributed by atoms with van der Waals surface area (Å²) >= 11 is 0. The van der Waals surface area contributed by atoms with Gasteiger partial charge in [0.2, 0.25) is 17.6 Å². The number of amides is 2. The Morgan fingerprint density at radius 1 is 0.962 bits per heavy atom. The van der Waals surface area contributed by atoms with Gasteiger partial charge in [-0.05, 0) is 14.1 Å². The van der Waals surface area contributed by atoms with Crippen LogP contribution in [0.1, 0.15) is 13.3 Å². The minimum atomic E-state index is -0.199. The van der Waals surface area contributed by atoms with Crippen molar-refractivity contribution in [2.24, 2.45) is 0 Å². The first-order chi connectivity index (χ1) is 12.3. The molecular weight excluding hydrogens is 338 g/mol. The Labute approximate surface area is 155 Å². The normalized spacial score (nSPS) is 10.4. The van der Waals surface area contributed by atoms with E-state index < -0.39 is 0 Å². The smallest absolute Gasteiger partial charge is 0.226 e. The predicted molar refractivity (Wildman–Crippen MR) is 100 cm³/mol. The van der Waals surface area contributed by atoms with Crippen molar-refractivity contribution in [1.29, 1.82) is 0 Å². The van der Waals surface area contributed by atoms with E-state index in [4.69, 9.17) is 14.2 Å². The molecule has 0 aromatic heterocycles. The molecule has 0 heterocycles. The Balaban J connectivity index is 2.73. The van der Waals surface area contributed by atoms with Gasteiger partial charge in [-0.15, -0.1) is 0 Å². The molecule has 0 aliphatic carbocycles. The van der Waals surface area contributed by atoms with Crippen LogP contribution < -0.4 is 19.5 Å². The van der Waals surface area contributed by atoms with Gasteiger partial charge in [0.05, 0.1) is 21.3 Å². The standard InChI is InChI=1S/C18H29N3O5/c1-13(22)21(10-9-20(2)3)8-7-17(23)19-14-11-15(24-4)18(26-6)16(12-14)25-5/h11-12H,7-10H2,1-6H3,(H,19,23). The van der Waals surface area contributed by atoms with Crippen LogP contribution in [0.5, 0.6) is 17.2 Å². The molecule has 2 amide bonds. The highest BCUT2D eigenvalue weighted by atomic mass is 16.5. The summed E-state index contributed by atoms with van der Waals surface area (Å²) in [5.74, 6) is 1.12. The molecule has 26 heavy (non-hydrogen) atoms. The fraction of sp³-hybridized carbons (Fsp3) is 0.556. The van der Waals surface area contributed by atoms with E-state index in [1.807, 2.05) is 19.0 Å². The number of carbonyl (C=O) groups excluding carboxylic acids is 2. The summed E-state index contributed by atoms with van der Waals surface area (Å²) in [6, 6.07) is 3.32. The van der Waals surface area contributed by atoms with Crippen molar-refractivity contribution in [3.05, 3.63) is 12.1 Å². The van der Waals surface area contributed by atoms with Crippen molar-refractivity contribution < 1.29 is 23.8 Å². The molecule has 8 nitrogen and oxygen atoms in total. The lowest BCUT2D eigenvalue weighted by Crippen LogP contribution is -2.37. The van der Waals surface area contributed by atoms with Gasteiger partial charge in [0.1, 0.15) is 0 Å². The molecule has 1 N–H and O–H groups in total. The highest BCUT2D eigenvalue weighted by Crippen LogP contribution is 2.39. The maximum Gasteiger partial charge on any atom is 0.226 e. The molecule has 0 bridgehead atoms. The van der Waals surface area contributed by atoms with Crippen molar-refractivity contribution in [2.75, 3.05) is 60.4 Å². The topological polar surface area (TPSA) is 80.3 Å². The summed E-state index contributed by atoms with van der Waals surface area (Å²) in [6.45, 7) is 3.19. The summed E-state index contributed by atoms with van der Waals surface area (Å²) in [7, 11) is 8.42. The van der Waals surface area contributed by atoms with Crippen molar-refractivity contribution in [2.45, 2.75) is 13.3 Å². The highest BCUT2D eigenvalue weighted by molar-refractivity contribution is 5.92. The van der Waals surface area contributed by atoms with Gasteiger partial charge in [-0.1, -0.05) is 0 Å². The molecule has 0 atom stereocenters. The van der Waals surface area contributed by atoms with Crippen molar-refractivity contribution >= 4 is 17.5 Å². The molecule has 146 valence electrons. The van der Waals surface area contributed by atoms with Gasteiger partial charge in [0.15, 0.2) is 11.5 Å². The zero-order valence-electron chi connectivity index (χ0n) is 16.4. The summed E-state index contributed by atoms with van der Waals surface area (Å²) in [5, 5.41) is 2.80. The summed E-state index contributed by atoms with van der Waals surface area (Å²) in [4.78, 5) is 27.6. The summed E-state index contributed by atoms with van der Waals surface area (Å²) < 4.78 is 15.8. The molecule has 1 rings (SSSR count). The van der Waals surface area contributed by atoms with Crippen LogP contribution in [0.25, 0.3) is 0 Å². The third kappa shape index (κ3) is 6.44. The van der Waals surface area contributed by atoms with Crippen LogP contribution in [0, 0.1) is 0 Å². The van der Waals surface area contributed by atoms with E-state index in [9.17, 15) is 9.59 Å². The van der Waals surface area contributed by atoms with Crippen molar-refractivity contribution in [1.82, 2.24) is 9.80 Å². The van der Waals surface area contributed by atoms with Gasteiger partial charge >= 0.3 is 0 Å². The van der Waals surface area contributed by atoms with E-state index in [0.717, 1.165) is 6.54 Å². The number of hydrogen-bond acceptors (Lipinski definition) is 6. The molecule has 0 aliphatic rings. The van der Waals surface area contributed by atoms with Crippen LogP contribution in [0.4, 0.5) is 5.69 Å². The van der Waals surface area contributed by atoms with E-state index in [1.54, 1.807) is 17.0 Å². The Bertz CT molecular complexity index is 594. The van der Waals surface area contributed by atoms with Crippen molar-refractivity contribution in [3.8, 4) is 17.2 Å². The average molecular weight is 367 g/mol. The molecule has 0 radical (unpaired) electrons. The van der Waals surface area contributed by atoms with Gasteiger partial charge in [-0.2, -0.15) is 0 Å². The lowest BCUT2D eigenvalue weighted by atomic mass is 10.2. The second-order valence-corrected chi connectivity index (χ2v) is 6.02. The van der Waals surface area contributed by atoms with Gasteiger partial charge in [0, 0.05) is 50.8 Å². The lowest BCUT2D eigenvalue weighted by Gasteiger charge is -2.22. The molecular formula is C18H29N3O5. The predicted octanol–water partition coefficient (Wildman–Crippen LogP) is 1.45. The number of likely N-dealkylation sites (N-methyl/N-ethyl adjacent to an activating group) is 1. The first kappa shape index (κ1) is 21.6. The van der Waals surface area contributed by atoms with Gasteiger partial charge < -0.3 is 29.3 Å². The Kier molecular flexibility index (Phi) is 8.71. The van der Waals surface area contributed by atoms with E-state index in [1.165, 1.54) is 28.3 Å². The third-order valence-corrected chi connectivity index (χ3v) is 3.82. The first-order valence-corrected chi connectivity index (χ1v) is 8.32. The summed E-state index contributed by atoms with van der Waals surface area (Å²) in [6.07, 6.45) is 0.198. The van der Waals surface area contributed by atoms with Crippen LogP contribution in [0.15, 0.2) is 12.1 Å². The molecule has 0 aliphatic heterocycles. The molecule has 0 unspecified atom stereocenters. The number of rotatable bonds is 10. The average Bonchev–Trinajstić information content (AvgIpc) is 2.59. The minimum absolute atomic E-state index is 0.0487. The van der Waals surface area contributed by atoms with Crippen LogP contribution in [-0.4, -0.2) is 76.7 Å². The lowest BCUT2D eigenvalue weighted by molar-refractivity contribution is -0.129. The van der Waals surface area contributed by atoms with Crippen molar-refractivity contribution in [3.63, 3.8) is 0 Å². The minimum Gasteiger partial charge on any atom is -0.493 e. The number of anilines is 1. The fourth-order valence-corrected chi connectivity index (χ4v) is 2.36. The number of carbonyl (C=O) groups is 2. The SMILES string of the molecule is COc1cc(NC(=O)CCN(CCN(C)C)C(C)=O)cc(OC)c1OC. The Morgan fingerprint density at radius 3 is 1.96 bits per heavy atom. The third-order valence-electron chi connectivity index (χ3n) is 3.82. The molecule has 8 heteroatoms. The number of nitrogens with zero attached hydrogens (tertiary/aromatic N) is 2. The second kappa shape index (κ2) is 10.5. The zero-order chi connectivity index (χ0) is 19.7. The highest BCUT2D eigenvalue weighted by Gasteiger charge is 2.16. The number of ether oxygens (including phenoxy) is 3. The zero-order valence-corrected chi connectivity index (χ0v) is 16.4. The number of methoxy groups -OCH3 is 3. The summed E-state index contributed by atoms with van der Waals surface area (Å²) in [5.41, 5.74) is 0.534. The molecule has 1 aromatic carbocycles. The van der Waals surface area contributed by atoms with E-state index in [2.05, 4.69) is 5.32 Å². The fourth-order valence-electron chi connectivity index (χ4n) is 2.36. The number of nitrogens with one attached hydrogen (secondary N) is 1. The van der Waals surface area contributed by atoms with Crippen LogP contribution in [-0.2, 0) is 9.59 Å². The van der Waals surface area contributed by atoms with E-state index >= 15 is 0 Å². The largest absolute Gasteiger partial charge is 0.493 e. The van der Waals surface area contributed by atoms with Gasteiger partial charge in [-0.25, -0.2) is 0 Å². The first-order valence-electron chi connectivity index (χ1n) is 8.32. The van der Waals surface area contributed by atoms with Gasteiger partial charge in [0.25, 0.3) is 0 Å². The Hall–Kier alpha value is -2.48. The molecule has 1 aromatic rings. The van der Waals surface area contributed by atoms with E-state index in [0.29, 0.717) is 36.0 Å². The molecule has 0 saturated carbocycles. The second-order valence-electron chi connectivity index (χ2n) is 6.02. The Morgan fingerprint density at radius 2 is 1.54 bits per heavy atom. The van der Waals surface area contributed by atoms with Crippen LogP contribution in [0.2, 0.25) is 0 Å². The molecule has 0 fully saturated rings. The van der Waals surface area contributed by atoms with Crippen LogP contribution in [0.3, 0.4) is 0 Å². The van der Waals surface area contributed by atoms with Crippen LogP contribution >= 0.6 is 0 Å². The number of hydrogen-bond donors (Lipinski definition) is 1.